The van der Waals surface area contributed by atoms with Crippen molar-refractivity contribution in [3.63, 3.8) is 0 Å². The summed E-state index contributed by atoms with van der Waals surface area (Å²) in [4.78, 5) is 9.02. The number of guanidine groups is 1. The van der Waals surface area contributed by atoms with Gasteiger partial charge < -0.3 is 15.1 Å². The molecule has 1 saturated carbocycles. The highest BCUT2D eigenvalue weighted by molar-refractivity contribution is 5.79. The number of aromatic nitrogens is 1. The van der Waals surface area contributed by atoms with Gasteiger partial charge in [-0.1, -0.05) is 24.3 Å². The Morgan fingerprint density at radius 3 is 2.56 bits per heavy atom. The van der Waals surface area contributed by atoms with Crippen LogP contribution >= 0.6 is 0 Å². The van der Waals surface area contributed by atoms with Gasteiger partial charge in [-0.2, -0.15) is 0 Å². The molecule has 1 fully saturated rings. The first-order valence-electron chi connectivity index (χ1n) is 9.05. The molecule has 134 valence electrons. The second kappa shape index (κ2) is 7.30. The van der Waals surface area contributed by atoms with E-state index in [1.54, 1.807) is 0 Å². The summed E-state index contributed by atoms with van der Waals surface area (Å²) in [6, 6.07) is 8.69. The molecule has 1 aliphatic carbocycles. The van der Waals surface area contributed by atoms with Crippen LogP contribution in [0.5, 0.6) is 0 Å². The van der Waals surface area contributed by atoms with Crippen molar-refractivity contribution in [2.45, 2.75) is 52.5 Å². The van der Waals surface area contributed by atoms with Crippen LogP contribution in [0.4, 0.5) is 0 Å². The van der Waals surface area contributed by atoms with Crippen LogP contribution in [0, 0.1) is 20.8 Å². The van der Waals surface area contributed by atoms with E-state index in [4.69, 9.17) is 4.42 Å². The summed E-state index contributed by atoms with van der Waals surface area (Å²) in [6.07, 6.45) is 2.45. The molecule has 0 aliphatic heterocycles. The summed E-state index contributed by atoms with van der Waals surface area (Å²) in [6.45, 7) is 10.3. The SMILES string of the molecule is CCNC(=NCc1nc(C)c(C)o1)NCC1(c2ccccc2C)CC1. The zero-order valence-corrected chi connectivity index (χ0v) is 15.6. The number of aliphatic imine (C=N–C) groups is 1. The zero-order chi connectivity index (χ0) is 17.9. The molecule has 5 heteroatoms. The number of hydrogen-bond acceptors (Lipinski definition) is 3. The van der Waals surface area contributed by atoms with Crippen LogP contribution in [-0.2, 0) is 12.0 Å². The fourth-order valence-corrected chi connectivity index (χ4v) is 3.21. The topological polar surface area (TPSA) is 62.5 Å². The third-order valence-corrected chi connectivity index (χ3v) is 4.95. The van der Waals surface area contributed by atoms with E-state index in [0.29, 0.717) is 12.4 Å². The monoisotopic (exact) mass is 340 g/mol. The summed E-state index contributed by atoms with van der Waals surface area (Å²) in [5.74, 6) is 2.34. The van der Waals surface area contributed by atoms with Gasteiger partial charge in [0.2, 0.25) is 5.89 Å². The van der Waals surface area contributed by atoms with Crippen LogP contribution in [0.2, 0.25) is 0 Å². The Balaban J connectivity index is 1.66. The maximum Gasteiger partial charge on any atom is 0.216 e. The van der Waals surface area contributed by atoms with E-state index in [0.717, 1.165) is 30.5 Å². The Hall–Kier alpha value is -2.30. The molecule has 0 atom stereocenters. The van der Waals surface area contributed by atoms with Gasteiger partial charge >= 0.3 is 0 Å². The average Bonchev–Trinajstić information content (AvgIpc) is 3.31. The average molecular weight is 340 g/mol. The summed E-state index contributed by atoms with van der Waals surface area (Å²) >= 11 is 0. The third kappa shape index (κ3) is 4.03. The highest BCUT2D eigenvalue weighted by Gasteiger charge is 2.44. The molecule has 3 rings (SSSR count). The number of benzene rings is 1. The molecule has 1 aliphatic rings. The fourth-order valence-electron chi connectivity index (χ4n) is 3.21. The smallest absolute Gasteiger partial charge is 0.216 e. The molecule has 5 nitrogen and oxygen atoms in total. The molecule has 1 heterocycles. The van der Waals surface area contributed by atoms with E-state index in [1.807, 2.05) is 13.8 Å². The largest absolute Gasteiger partial charge is 0.444 e. The molecular formula is C20H28N4O. The lowest BCUT2D eigenvalue weighted by molar-refractivity contribution is 0.472. The Labute approximate surface area is 150 Å². The van der Waals surface area contributed by atoms with Gasteiger partial charge in [0, 0.05) is 18.5 Å². The van der Waals surface area contributed by atoms with E-state index in [2.05, 4.69) is 58.7 Å². The fraction of sp³-hybridized carbons (Fsp3) is 0.500. The Bertz CT molecular complexity index is 739. The number of hydrogen-bond donors (Lipinski definition) is 2. The standard InChI is InChI=1S/C20H28N4O/c1-5-21-19(22-12-18-24-15(3)16(4)25-18)23-13-20(10-11-20)17-9-7-6-8-14(17)2/h6-9H,5,10-13H2,1-4H3,(H2,21,22,23). The highest BCUT2D eigenvalue weighted by Crippen LogP contribution is 2.48. The van der Waals surface area contributed by atoms with E-state index in [9.17, 15) is 0 Å². The molecule has 25 heavy (non-hydrogen) atoms. The van der Waals surface area contributed by atoms with Gasteiger partial charge in [0.1, 0.15) is 12.3 Å². The summed E-state index contributed by atoms with van der Waals surface area (Å²) in [7, 11) is 0. The van der Waals surface area contributed by atoms with Crippen LogP contribution in [0.3, 0.4) is 0 Å². The molecule has 0 bridgehead atoms. The van der Waals surface area contributed by atoms with Crippen molar-refractivity contribution in [1.82, 2.24) is 15.6 Å². The van der Waals surface area contributed by atoms with Crippen molar-refractivity contribution in [3.05, 3.63) is 52.7 Å². The highest BCUT2D eigenvalue weighted by atomic mass is 16.4. The molecule has 0 amide bonds. The number of nitrogens with zero attached hydrogens (tertiary/aromatic N) is 2. The first kappa shape index (κ1) is 17.5. The maximum absolute atomic E-state index is 5.61. The van der Waals surface area contributed by atoms with Gasteiger partial charge in [-0.25, -0.2) is 9.98 Å². The first-order valence-corrected chi connectivity index (χ1v) is 9.05. The lowest BCUT2D eigenvalue weighted by Gasteiger charge is -2.20. The van der Waals surface area contributed by atoms with Gasteiger partial charge in [-0.05, 0) is 51.7 Å². The molecule has 0 radical (unpaired) electrons. The Kier molecular flexibility index (Phi) is 5.11. The van der Waals surface area contributed by atoms with Crippen molar-refractivity contribution in [1.29, 1.82) is 0 Å². The molecule has 2 N–H and O–H groups in total. The van der Waals surface area contributed by atoms with Crippen LogP contribution in [-0.4, -0.2) is 24.0 Å². The van der Waals surface area contributed by atoms with Crippen molar-refractivity contribution < 1.29 is 4.42 Å². The lowest BCUT2D eigenvalue weighted by atomic mass is 9.92. The number of oxazole rings is 1. The van der Waals surface area contributed by atoms with Crippen LogP contribution in [0.15, 0.2) is 33.7 Å². The van der Waals surface area contributed by atoms with Crippen molar-refractivity contribution >= 4 is 5.96 Å². The predicted octanol–water partition coefficient (Wildman–Crippen LogP) is 3.39. The molecule has 2 aromatic rings. The van der Waals surface area contributed by atoms with Crippen molar-refractivity contribution in [3.8, 4) is 0 Å². The van der Waals surface area contributed by atoms with Gasteiger partial charge in [0.05, 0.1) is 5.69 Å². The van der Waals surface area contributed by atoms with Gasteiger partial charge in [-0.15, -0.1) is 0 Å². The minimum Gasteiger partial charge on any atom is -0.444 e. The third-order valence-electron chi connectivity index (χ3n) is 4.95. The molecule has 0 spiro atoms. The number of aryl methyl sites for hydroxylation is 3. The van der Waals surface area contributed by atoms with Crippen molar-refractivity contribution in [2.75, 3.05) is 13.1 Å². The van der Waals surface area contributed by atoms with Crippen LogP contribution in [0.25, 0.3) is 0 Å². The maximum atomic E-state index is 5.61. The molecule has 1 aromatic heterocycles. The Morgan fingerprint density at radius 2 is 1.96 bits per heavy atom. The zero-order valence-electron chi connectivity index (χ0n) is 15.6. The van der Waals surface area contributed by atoms with Crippen LogP contribution < -0.4 is 10.6 Å². The predicted molar refractivity (Wildman–Crippen MR) is 101 cm³/mol. The van der Waals surface area contributed by atoms with Gasteiger partial charge in [0.15, 0.2) is 5.96 Å². The Morgan fingerprint density at radius 1 is 1.20 bits per heavy atom. The molecule has 1 aromatic carbocycles. The first-order chi connectivity index (χ1) is 12.0. The molecular weight excluding hydrogens is 312 g/mol. The minimum atomic E-state index is 0.248. The summed E-state index contributed by atoms with van der Waals surface area (Å²) in [5, 5.41) is 6.82. The lowest BCUT2D eigenvalue weighted by Crippen LogP contribution is -2.41. The molecule has 0 saturated heterocycles. The minimum absolute atomic E-state index is 0.248. The normalized spacial score (nSPS) is 15.9. The van der Waals surface area contributed by atoms with E-state index in [-0.39, 0.29) is 5.41 Å². The van der Waals surface area contributed by atoms with E-state index >= 15 is 0 Å². The van der Waals surface area contributed by atoms with Gasteiger partial charge in [-0.3, -0.25) is 0 Å². The van der Waals surface area contributed by atoms with E-state index in [1.165, 1.54) is 24.0 Å². The number of rotatable bonds is 6. The van der Waals surface area contributed by atoms with E-state index < -0.39 is 0 Å². The van der Waals surface area contributed by atoms with Crippen LogP contribution in [0.1, 0.15) is 48.2 Å². The summed E-state index contributed by atoms with van der Waals surface area (Å²) < 4.78 is 5.61. The second-order valence-electron chi connectivity index (χ2n) is 6.89. The quantitative estimate of drug-likeness (QED) is 0.625. The summed E-state index contributed by atoms with van der Waals surface area (Å²) in [5.41, 5.74) is 4.00. The second-order valence-corrected chi connectivity index (χ2v) is 6.89. The molecule has 0 unspecified atom stereocenters. The van der Waals surface area contributed by atoms with Gasteiger partial charge in [0.25, 0.3) is 0 Å². The number of nitrogens with one attached hydrogen (secondary N) is 2. The van der Waals surface area contributed by atoms with Crippen molar-refractivity contribution in [2.24, 2.45) is 4.99 Å².